The third-order valence-corrected chi connectivity index (χ3v) is 1.70. The molecule has 0 atom stereocenters. The van der Waals surface area contributed by atoms with Crippen LogP contribution in [-0.2, 0) is 0 Å². The highest BCUT2D eigenvalue weighted by Gasteiger charge is 1.99. The fourth-order valence-electron chi connectivity index (χ4n) is 1.02. The van der Waals surface area contributed by atoms with Crippen LogP contribution in [0.4, 0.5) is 0 Å². The van der Waals surface area contributed by atoms with E-state index in [4.69, 9.17) is 9.47 Å². The molecule has 0 spiro atoms. The first-order valence-electron chi connectivity index (χ1n) is 4.11. The maximum absolute atomic E-state index is 5.36. The number of nitrogens with zero attached hydrogens (tertiary/aromatic N) is 1. The second kappa shape index (κ2) is 3.83. The van der Waals surface area contributed by atoms with E-state index >= 15 is 0 Å². The van der Waals surface area contributed by atoms with Crippen molar-refractivity contribution in [1.29, 1.82) is 0 Å². The minimum absolute atomic E-state index is 0.440. The minimum Gasteiger partial charge on any atom is -0.497 e. The van der Waals surface area contributed by atoms with Crippen molar-refractivity contribution in [2.75, 3.05) is 7.11 Å². The molecule has 0 saturated carbocycles. The second-order valence-electron chi connectivity index (χ2n) is 2.62. The van der Waals surface area contributed by atoms with Gasteiger partial charge < -0.3 is 14.0 Å². The Morgan fingerprint density at radius 2 is 1.79 bits per heavy atom. The number of ether oxygens (including phenoxy) is 2. The molecule has 0 fully saturated rings. The van der Waals surface area contributed by atoms with Crippen molar-refractivity contribution >= 4 is 0 Å². The Morgan fingerprint density at radius 1 is 1.07 bits per heavy atom. The van der Waals surface area contributed by atoms with Gasteiger partial charge in [-0.15, -0.1) is 0 Å². The maximum atomic E-state index is 5.36. The molecule has 14 heavy (non-hydrogen) atoms. The first-order valence-corrected chi connectivity index (χ1v) is 4.11. The Labute approximate surface area is 81.0 Å². The molecule has 4 nitrogen and oxygen atoms in total. The van der Waals surface area contributed by atoms with Crippen molar-refractivity contribution in [3.05, 3.63) is 36.6 Å². The Balaban J connectivity index is 2.10. The van der Waals surface area contributed by atoms with E-state index < -0.39 is 0 Å². The van der Waals surface area contributed by atoms with Crippen molar-refractivity contribution < 1.29 is 14.0 Å². The predicted molar refractivity (Wildman–Crippen MR) is 49.6 cm³/mol. The zero-order valence-corrected chi connectivity index (χ0v) is 7.64. The molecule has 0 aliphatic rings. The fraction of sp³-hybridized carbons (Fsp3) is 0.100. The van der Waals surface area contributed by atoms with Crippen molar-refractivity contribution in [2.24, 2.45) is 0 Å². The molecule has 2 rings (SSSR count). The van der Waals surface area contributed by atoms with Gasteiger partial charge in [-0.05, 0) is 29.4 Å². The SMILES string of the molecule is COc1ccc(Oc2ccon2)cc1. The summed E-state index contributed by atoms with van der Waals surface area (Å²) in [5, 5.41) is 3.63. The first-order chi connectivity index (χ1) is 6.88. The van der Waals surface area contributed by atoms with Crippen LogP contribution in [0.3, 0.4) is 0 Å². The number of benzene rings is 1. The van der Waals surface area contributed by atoms with E-state index in [1.807, 2.05) is 12.1 Å². The Morgan fingerprint density at radius 3 is 2.36 bits per heavy atom. The summed E-state index contributed by atoms with van der Waals surface area (Å²) in [4.78, 5) is 0. The standard InChI is InChI=1S/C10H9NO3/c1-12-8-2-4-9(5-3-8)14-10-6-7-13-11-10/h2-7H,1H3. The van der Waals surface area contributed by atoms with Gasteiger partial charge in [-0.25, -0.2) is 0 Å². The van der Waals surface area contributed by atoms with E-state index in [0.29, 0.717) is 11.6 Å². The van der Waals surface area contributed by atoms with Gasteiger partial charge in [0.25, 0.3) is 5.88 Å². The number of aromatic nitrogens is 1. The Hall–Kier alpha value is -1.97. The summed E-state index contributed by atoms with van der Waals surface area (Å²) in [5.41, 5.74) is 0. The summed E-state index contributed by atoms with van der Waals surface area (Å²) in [6.07, 6.45) is 1.46. The molecule has 0 aliphatic heterocycles. The molecule has 0 saturated heterocycles. The molecule has 0 aliphatic carbocycles. The smallest absolute Gasteiger partial charge is 0.259 e. The van der Waals surface area contributed by atoms with Crippen LogP contribution >= 0.6 is 0 Å². The average molecular weight is 191 g/mol. The molecule has 4 heteroatoms. The van der Waals surface area contributed by atoms with Gasteiger partial charge in [0, 0.05) is 6.07 Å². The highest BCUT2D eigenvalue weighted by Crippen LogP contribution is 2.21. The molecule has 0 radical (unpaired) electrons. The van der Waals surface area contributed by atoms with Gasteiger partial charge in [0.1, 0.15) is 17.8 Å². The molecule has 1 heterocycles. The molecule has 0 N–H and O–H groups in total. The van der Waals surface area contributed by atoms with E-state index in [0.717, 1.165) is 5.75 Å². The van der Waals surface area contributed by atoms with Gasteiger partial charge in [0.05, 0.1) is 7.11 Å². The highest BCUT2D eigenvalue weighted by atomic mass is 16.5. The first kappa shape index (κ1) is 8.62. The van der Waals surface area contributed by atoms with Crippen LogP contribution in [0.1, 0.15) is 0 Å². The highest BCUT2D eigenvalue weighted by molar-refractivity contribution is 5.33. The lowest BCUT2D eigenvalue weighted by Gasteiger charge is -2.02. The van der Waals surface area contributed by atoms with Crippen LogP contribution in [0.5, 0.6) is 17.4 Å². The second-order valence-corrected chi connectivity index (χ2v) is 2.62. The lowest BCUT2D eigenvalue weighted by molar-refractivity contribution is 0.366. The Kier molecular flexibility index (Phi) is 2.36. The molecule has 1 aromatic carbocycles. The predicted octanol–water partition coefficient (Wildman–Crippen LogP) is 2.48. The molecule has 0 bridgehead atoms. The van der Waals surface area contributed by atoms with Crippen molar-refractivity contribution in [2.45, 2.75) is 0 Å². The van der Waals surface area contributed by atoms with Crippen LogP contribution in [0, 0.1) is 0 Å². The van der Waals surface area contributed by atoms with Gasteiger partial charge in [-0.1, -0.05) is 0 Å². The molecule has 2 aromatic rings. The van der Waals surface area contributed by atoms with Gasteiger partial charge in [-0.3, -0.25) is 0 Å². The van der Waals surface area contributed by atoms with Crippen LogP contribution < -0.4 is 9.47 Å². The van der Waals surface area contributed by atoms with Crippen LogP contribution in [0.2, 0.25) is 0 Å². The third kappa shape index (κ3) is 1.85. The largest absolute Gasteiger partial charge is 0.497 e. The Bertz CT molecular complexity index is 380. The third-order valence-electron chi connectivity index (χ3n) is 1.70. The van der Waals surface area contributed by atoms with E-state index in [2.05, 4.69) is 9.68 Å². The van der Waals surface area contributed by atoms with Crippen LogP contribution in [-0.4, -0.2) is 12.3 Å². The van der Waals surface area contributed by atoms with Crippen molar-refractivity contribution in [3.63, 3.8) is 0 Å². The molecule has 72 valence electrons. The molecular formula is C10H9NO3. The van der Waals surface area contributed by atoms with Crippen molar-refractivity contribution in [3.8, 4) is 17.4 Å². The number of rotatable bonds is 3. The average Bonchev–Trinajstić information content (AvgIpc) is 2.72. The summed E-state index contributed by atoms with van der Waals surface area (Å²) >= 11 is 0. The number of hydrogen-bond acceptors (Lipinski definition) is 4. The fourth-order valence-corrected chi connectivity index (χ4v) is 1.02. The maximum Gasteiger partial charge on any atom is 0.259 e. The van der Waals surface area contributed by atoms with E-state index in [9.17, 15) is 0 Å². The molecule has 0 amide bonds. The van der Waals surface area contributed by atoms with Crippen molar-refractivity contribution in [1.82, 2.24) is 5.16 Å². The van der Waals surface area contributed by atoms with Gasteiger partial charge in [0.15, 0.2) is 0 Å². The van der Waals surface area contributed by atoms with Crippen LogP contribution in [0.15, 0.2) is 41.1 Å². The van der Waals surface area contributed by atoms with Crippen LogP contribution in [0.25, 0.3) is 0 Å². The summed E-state index contributed by atoms with van der Waals surface area (Å²) in [6.45, 7) is 0. The molecule has 1 aromatic heterocycles. The zero-order chi connectivity index (χ0) is 9.80. The van der Waals surface area contributed by atoms with E-state index in [-0.39, 0.29) is 0 Å². The summed E-state index contributed by atoms with van der Waals surface area (Å²) < 4.78 is 15.0. The lowest BCUT2D eigenvalue weighted by Crippen LogP contribution is -1.85. The topological polar surface area (TPSA) is 44.5 Å². The number of methoxy groups -OCH3 is 1. The van der Waals surface area contributed by atoms with Gasteiger partial charge >= 0.3 is 0 Å². The molecule has 0 unspecified atom stereocenters. The van der Waals surface area contributed by atoms with E-state index in [1.165, 1.54) is 6.26 Å². The minimum atomic E-state index is 0.440. The number of hydrogen-bond donors (Lipinski definition) is 0. The lowest BCUT2D eigenvalue weighted by atomic mass is 10.3. The van der Waals surface area contributed by atoms with E-state index in [1.54, 1.807) is 25.3 Å². The summed E-state index contributed by atoms with van der Waals surface area (Å²) in [5.74, 6) is 1.92. The van der Waals surface area contributed by atoms with Gasteiger partial charge in [0.2, 0.25) is 0 Å². The quantitative estimate of drug-likeness (QED) is 0.747. The summed E-state index contributed by atoms with van der Waals surface area (Å²) in [6, 6.07) is 8.87. The summed E-state index contributed by atoms with van der Waals surface area (Å²) in [7, 11) is 1.62. The normalized spacial score (nSPS) is 9.79. The molecular weight excluding hydrogens is 182 g/mol. The zero-order valence-electron chi connectivity index (χ0n) is 7.64. The van der Waals surface area contributed by atoms with Gasteiger partial charge in [-0.2, -0.15) is 0 Å². The monoisotopic (exact) mass is 191 g/mol.